The molecule has 0 saturated carbocycles. The Morgan fingerprint density at radius 2 is 1.83 bits per heavy atom. The van der Waals surface area contributed by atoms with Crippen molar-refractivity contribution in [3.8, 4) is 0 Å². The summed E-state index contributed by atoms with van der Waals surface area (Å²) in [6.07, 6.45) is 4.73. The smallest absolute Gasteiger partial charge is 0.0371 e. The topological polar surface area (TPSA) is 24.9 Å². The van der Waals surface area contributed by atoms with Gasteiger partial charge in [0.15, 0.2) is 0 Å². The average Bonchev–Trinajstić information content (AvgIpc) is 2.03. The molecular formula is C8H14Cl2N2. The third kappa shape index (κ3) is 5.22. The molecule has 1 aromatic rings. The number of anilines is 1. The molecular weight excluding hydrogens is 195 g/mol. The molecule has 0 fully saturated rings. The van der Waals surface area contributed by atoms with Gasteiger partial charge in [0.05, 0.1) is 0 Å². The summed E-state index contributed by atoms with van der Waals surface area (Å²) in [4.78, 5) is 3.91. The molecule has 1 rings (SSSR count). The van der Waals surface area contributed by atoms with Crippen molar-refractivity contribution in [2.24, 2.45) is 0 Å². The Balaban J connectivity index is 0. The van der Waals surface area contributed by atoms with E-state index < -0.39 is 0 Å². The summed E-state index contributed by atoms with van der Waals surface area (Å²) in [6, 6.07) is 3.94. The van der Waals surface area contributed by atoms with Crippen LogP contribution in [-0.2, 0) is 0 Å². The lowest BCUT2D eigenvalue weighted by Crippen LogP contribution is -1.98. The molecule has 12 heavy (non-hydrogen) atoms. The first-order chi connectivity index (χ1) is 4.93. The van der Waals surface area contributed by atoms with Gasteiger partial charge in [-0.25, -0.2) is 0 Å². The van der Waals surface area contributed by atoms with E-state index in [1.807, 2.05) is 12.1 Å². The molecule has 70 valence electrons. The van der Waals surface area contributed by atoms with Crippen molar-refractivity contribution in [1.82, 2.24) is 4.98 Å². The Kier molecular flexibility index (Phi) is 10.1. The van der Waals surface area contributed by atoms with Gasteiger partial charge in [-0.2, -0.15) is 0 Å². The largest absolute Gasteiger partial charge is 0.385 e. The molecule has 0 saturated heterocycles. The van der Waals surface area contributed by atoms with Crippen molar-refractivity contribution in [1.29, 1.82) is 0 Å². The molecule has 0 radical (unpaired) electrons. The molecule has 4 heteroatoms. The summed E-state index contributed by atoms with van der Waals surface area (Å²) >= 11 is 0. The minimum atomic E-state index is 0. The fraction of sp³-hybridized carbons (Fsp3) is 0.375. The third-order valence-corrected chi connectivity index (χ3v) is 1.26. The minimum Gasteiger partial charge on any atom is -0.385 e. The van der Waals surface area contributed by atoms with Gasteiger partial charge in [-0.3, -0.25) is 4.98 Å². The fourth-order valence-corrected chi connectivity index (χ4v) is 0.739. The fourth-order valence-electron chi connectivity index (χ4n) is 0.739. The summed E-state index contributed by atoms with van der Waals surface area (Å²) in [5.74, 6) is 0. The van der Waals surface area contributed by atoms with Crippen LogP contribution in [0.3, 0.4) is 0 Å². The Bertz CT molecular complexity index is 180. The van der Waals surface area contributed by atoms with Gasteiger partial charge in [-0.15, -0.1) is 24.8 Å². The number of hydrogen-bond acceptors (Lipinski definition) is 2. The molecule has 1 aromatic heterocycles. The number of nitrogens with zero attached hydrogens (tertiary/aromatic N) is 1. The summed E-state index contributed by atoms with van der Waals surface area (Å²) in [6.45, 7) is 3.18. The number of hydrogen-bond donors (Lipinski definition) is 1. The third-order valence-electron chi connectivity index (χ3n) is 1.26. The quantitative estimate of drug-likeness (QED) is 0.827. The van der Waals surface area contributed by atoms with Gasteiger partial charge in [-0.1, -0.05) is 6.92 Å². The molecule has 0 amide bonds. The first-order valence-corrected chi connectivity index (χ1v) is 3.57. The van der Waals surface area contributed by atoms with Crippen molar-refractivity contribution in [3.05, 3.63) is 24.5 Å². The van der Waals surface area contributed by atoms with E-state index in [4.69, 9.17) is 0 Å². The number of nitrogens with one attached hydrogen (secondary N) is 1. The SMILES string of the molecule is CCCNc1ccncc1.Cl.Cl. The molecule has 0 aliphatic heterocycles. The predicted octanol–water partition coefficient (Wildman–Crippen LogP) is 2.75. The lowest BCUT2D eigenvalue weighted by molar-refractivity contribution is 0.979. The molecule has 0 aromatic carbocycles. The average molecular weight is 209 g/mol. The monoisotopic (exact) mass is 208 g/mol. The van der Waals surface area contributed by atoms with E-state index in [1.165, 1.54) is 0 Å². The molecule has 0 spiro atoms. The zero-order chi connectivity index (χ0) is 7.23. The van der Waals surface area contributed by atoms with Crippen LogP contribution in [0.1, 0.15) is 13.3 Å². The normalized spacial score (nSPS) is 7.75. The lowest BCUT2D eigenvalue weighted by Gasteiger charge is -2.01. The van der Waals surface area contributed by atoms with Gasteiger partial charge in [0.2, 0.25) is 0 Å². The summed E-state index contributed by atoms with van der Waals surface area (Å²) in [5, 5.41) is 3.25. The molecule has 1 N–H and O–H groups in total. The van der Waals surface area contributed by atoms with Crippen molar-refractivity contribution in [2.45, 2.75) is 13.3 Å². The van der Waals surface area contributed by atoms with Crippen molar-refractivity contribution in [3.63, 3.8) is 0 Å². The zero-order valence-corrected chi connectivity index (χ0v) is 8.62. The second kappa shape index (κ2) is 8.62. The van der Waals surface area contributed by atoms with E-state index in [0.29, 0.717) is 0 Å². The van der Waals surface area contributed by atoms with Gasteiger partial charge in [-0.05, 0) is 18.6 Å². The number of rotatable bonds is 3. The Labute approximate surface area is 85.6 Å². The Hall–Kier alpha value is -0.470. The summed E-state index contributed by atoms with van der Waals surface area (Å²) in [7, 11) is 0. The minimum absolute atomic E-state index is 0. The highest BCUT2D eigenvalue weighted by Gasteiger charge is 1.84. The first kappa shape index (κ1) is 14.1. The lowest BCUT2D eigenvalue weighted by atomic mass is 10.4. The van der Waals surface area contributed by atoms with E-state index in [2.05, 4.69) is 17.2 Å². The van der Waals surface area contributed by atoms with Crippen LogP contribution in [-0.4, -0.2) is 11.5 Å². The van der Waals surface area contributed by atoms with Crippen LogP contribution in [0.4, 0.5) is 5.69 Å². The molecule has 0 atom stereocenters. The molecule has 0 aliphatic rings. The van der Waals surface area contributed by atoms with Gasteiger partial charge >= 0.3 is 0 Å². The summed E-state index contributed by atoms with van der Waals surface area (Å²) < 4.78 is 0. The van der Waals surface area contributed by atoms with Gasteiger partial charge in [0, 0.05) is 24.6 Å². The van der Waals surface area contributed by atoms with E-state index in [1.54, 1.807) is 12.4 Å². The maximum absolute atomic E-state index is 3.91. The molecule has 0 aliphatic carbocycles. The molecule has 1 heterocycles. The van der Waals surface area contributed by atoms with Crippen LogP contribution >= 0.6 is 24.8 Å². The van der Waals surface area contributed by atoms with E-state index in [0.717, 1.165) is 18.7 Å². The van der Waals surface area contributed by atoms with Crippen LogP contribution in [0.5, 0.6) is 0 Å². The number of aromatic nitrogens is 1. The standard InChI is InChI=1S/C8H12N2.2ClH/c1-2-5-10-8-3-6-9-7-4-8;;/h3-4,6-7H,2,5H2,1H3,(H,9,10);2*1H. The Morgan fingerprint density at radius 3 is 2.33 bits per heavy atom. The second-order valence-corrected chi connectivity index (χ2v) is 2.16. The van der Waals surface area contributed by atoms with Crippen LogP contribution in [0.2, 0.25) is 0 Å². The Morgan fingerprint density at radius 1 is 1.25 bits per heavy atom. The van der Waals surface area contributed by atoms with Gasteiger partial charge in [0.25, 0.3) is 0 Å². The van der Waals surface area contributed by atoms with Crippen LogP contribution in [0.25, 0.3) is 0 Å². The van der Waals surface area contributed by atoms with E-state index in [-0.39, 0.29) is 24.8 Å². The van der Waals surface area contributed by atoms with Crippen molar-refractivity contribution >= 4 is 30.5 Å². The highest BCUT2D eigenvalue weighted by Crippen LogP contribution is 2.01. The van der Waals surface area contributed by atoms with Crippen LogP contribution < -0.4 is 5.32 Å². The highest BCUT2D eigenvalue weighted by atomic mass is 35.5. The number of pyridine rings is 1. The van der Waals surface area contributed by atoms with Gasteiger partial charge < -0.3 is 5.32 Å². The zero-order valence-electron chi connectivity index (χ0n) is 6.99. The predicted molar refractivity (Wildman–Crippen MR) is 57.5 cm³/mol. The molecule has 0 unspecified atom stereocenters. The second-order valence-electron chi connectivity index (χ2n) is 2.16. The molecule has 0 bridgehead atoms. The highest BCUT2D eigenvalue weighted by molar-refractivity contribution is 5.85. The maximum Gasteiger partial charge on any atom is 0.0371 e. The van der Waals surface area contributed by atoms with Crippen LogP contribution in [0.15, 0.2) is 24.5 Å². The van der Waals surface area contributed by atoms with Crippen molar-refractivity contribution < 1.29 is 0 Å². The maximum atomic E-state index is 3.91. The van der Waals surface area contributed by atoms with E-state index in [9.17, 15) is 0 Å². The van der Waals surface area contributed by atoms with Crippen LogP contribution in [0, 0.1) is 0 Å². The van der Waals surface area contributed by atoms with E-state index >= 15 is 0 Å². The summed E-state index contributed by atoms with van der Waals surface area (Å²) in [5.41, 5.74) is 1.15. The van der Waals surface area contributed by atoms with Gasteiger partial charge in [0.1, 0.15) is 0 Å². The number of halogens is 2. The van der Waals surface area contributed by atoms with Crippen molar-refractivity contribution in [2.75, 3.05) is 11.9 Å². The first-order valence-electron chi connectivity index (χ1n) is 3.57. The molecule has 2 nitrogen and oxygen atoms in total.